The molecule has 2 aromatic rings. The van der Waals surface area contributed by atoms with Crippen molar-refractivity contribution in [1.82, 2.24) is 14.7 Å². The van der Waals surface area contributed by atoms with Gasteiger partial charge in [0, 0.05) is 36.0 Å². The maximum absolute atomic E-state index is 14.7. The van der Waals surface area contributed by atoms with Gasteiger partial charge in [0.05, 0.1) is 16.8 Å². The smallest absolute Gasteiger partial charge is 0.127 e. The average Bonchev–Trinajstić information content (AvgIpc) is 3.43. The molecule has 1 aromatic heterocycles. The van der Waals surface area contributed by atoms with Crippen LogP contribution in [-0.4, -0.2) is 48.8 Å². The van der Waals surface area contributed by atoms with Crippen molar-refractivity contribution in [3.63, 3.8) is 0 Å². The van der Waals surface area contributed by atoms with Gasteiger partial charge in [-0.1, -0.05) is 6.92 Å². The predicted molar refractivity (Wildman–Crippen MR) is 113 cm³/mol. The fraction of sp³-hybridized carbons (Fsp3) is 0.708. The SMILES string of the molecule is CC(CC(O)N1C2CC3CC1CC(O)(C3)C2)c1nn(C)c2ccc(F)c(C3CC3)c12. The van der Waals surface area contributed by atoms with Gasteiger partial charge < -0.3 is 10.2 Å². The molecule has 3 aliphatic carbocycles. The summed E-state index contributed by atoms with van der Waals surface area (Å²) < 4.78 is 16.6. The van der Waals surface area contributed by atoms with E-state index in [4.69, 9.17) is 5.10 Å². The second-order valence-corrected chi connectivity index (χ2v) is 10.7. The summed E-state index contributed by atoms with van der Waals surface area (Å²) in [5, 5.41) is 27.8. The summed E-state index contributed by atoms with van der Waals surface area (Å²) in [5.41, 5.74) is 2.21. The molecule has 1 aromatic carbocycles. The molecule has 4 atom stereocenters. The molecule has 2 saturated heterocycles. The Morgan fingerprint density at radius 2 is 1.90 bits per heavy atom. The first kappa shape index (κ1) is 19.2. The number of aliphatic hydroxyl groups excluding tert-OH is 1. The Kier molecular flexibility index (Phi) is 4.16. The molecule has 5 fully saturated rings. The van der Waals surface area contributed by atoms with Crippen LogP contribution in [0.5, 0.6) is 0 Å². The van der Waals surface area contributed by atoms with Crippen molar-refractivity contribution in [1.29, 1.82) is 0 Å². The van der Waals surface area contributed by atoms with Gasteiger partial charge >= 0.3 is 0 Å². The standard InChI is InChI=1S/C24H32FN3O2/c1-13(7-20(29)28-16-8-14-9-17(28)12-24(30,10-14)11-16)23-22-19(27(2)26-23)6-5-18(25)21(22)15-3-4-15/h5-6,13-17,20,29-30H,3-4,7-12H2,1-2H3. The van der Waals surface area contributed by atoms with Gasteiger partial charge in [0.1, 0.15) is 12.0 Å². The Morgan fingerprint density at radius 1 is 1.20 bits per heavy atom. The molecule has 7 rings (SSSR count). The second kappa shape index (κ2) is 6.50. The number of rotatable bonds is 5. The van der Waals surface area contributed by atoms with Gasteiger partial charge in [-0.15, -0.1) is 0 Å². The highest BCUT2D eigenvalue weighted by atomic mass is 19.1. The van der Waals surface area contributed by atoms with Crippen LogP contribution >= 0.6 is 0 Å². The summed E-state index contributed by atoms with van der Waals surface area (Å²) in [6.45, 7) is 2.11. The Bertz CT molecular complexity index is 984. The van der Waals surface area contributed by atoms with Crippen molar-refractivity contribution in [2.24, 2.45) is 13.0 Å². The molecule has 2 aliphatic heterocycles. The van der Waals surface area contributed by atoms with E-state index in [-0.39, 0.29) is 23.8 Å². The Balaban J connectivity index is 1.29. The van der Waals surface area contributed by atoms with Gasteiger partial charge in [-0.25, -0.2) is 4.39 Å². The third-order valence-corrected chi connectivity index (χ3v) is 8.35. The fourth-order valence-electron chi connectivity index (χ4n) is 7.16. The molecular formula is C24H32FN3O2. The normalized spacial score (nSPS) is 35.3. The number of aryl methyl sites for hydroxylation is 1. The van der Waals surface area contributed by atoms with Crippen LogP contribution < -0.4 is 0 Å². The minimum Gasteiger partial charge on any atom is -0.390 e. The summed E-state index contributed by atoms with van der Waals surface area (Å²) in [7, 11) is 1.92. The largest absolute Gasteiger partial charge is 0.390 e. The van der Waals surface area contributed by atoms with E-state index in [0.717, 1.165) is 67.1 Å². The monoisotopic (exact) mass is 413 g/mol. The molecule has 0 amide bonds. The van der Waals surface area contributed by atoms with Crippen molar-refractivity contribution >= 4 is 10.9 Å². The number of fused-ring (bicyclic) bond motifs is 1. The minimum atomic E-state index is -0.548. The van der Waals surface area contributed by atoms with E-state index in [9.17, 15) is 14.6 Å². The molecule has 3 saturated carbocycles. The molecule has 3 heterocycles. The molecule has 4 unspecified atom stereocenters. The maximum Gasteiger partial charge on any atom is 0.127 e. The average molecular weight is 414 g/mol. The molecule has 4 bridgehead atoms. The van der Waals surface area contributed by atoms with Gasteiger partial charge in [-0.2, -0.15) is 5.10 Å². The van der Waals surface area contributed by atoms with Gasteiger partial charge in [0.2, 0.25) is 0 Å². The zero-order valence-corrected chi connectivity index (χ0v) is 17.9. The number of aliphatic hydroxyl groups is 2. The van der Waals surface area contributed by atoms with E-state index in [1.807, 2.05) is 17.8 Å². The lowest BCUT2D eigenvalue weighted by molar-refractivity contribution is -0.199. The van der Waals surface area contributed by atoms with Gasteiger partial charge in [0.25, 0.3) is 0 Å². The lowest BCUT2D eigenvalue weighted by atomic mass is 9.61. The molecule has 30 heavy (non-hydrogen) atoms. The molecule has 0 spiro atoms. The first-order valence-corrected chi connectivity index (χ1v) is 11.7. The van der Waals surface area contributed by atoms with Crippen LogP contribution in [0.3, 0.4) is 0 Å². The summed E-state index contributed by atoms with van der Waals surface area (Å²) >= 11 is 0. The van der Waals surface area contributed by atoms with Gasteiger partial charge in [-0.3, -0.25) is 9.58 Å². The van der Waals surface area contributed by atoms with E-state index in [2.05, 4.69) is 11.8 Å². The number of nitrogens with zero attached hydrogens (tertiary/aromatic N) is 3. The Labute approximate surface area is 176 Å². The van der Waals surface area contributed by atoms with Crippen LogP contribution in [0.15, 0.2) is 12.1 Å². The van der Waals surface area contributed by atoms with Crippen molar-refractivity contribution in [2.45, 2.75) is 94.0 Å². The van der Waals surface area contributed by atoms with Crippen LogP contribution in [-0.2, 0) is 7.05 Å². The topological polar surface area (TPSA) is 61.5 Å². The highest BCUT2D eigenvalue weighted by Crippen LogP contribution is 2.52. The molecule has 6 heteroatoms. The minimum absolute atomic E-state index is 0.0308. The van der Waals surface area contributed by atoms with E-state index >= 15 is 0 Å². The molecule has 162 valence electrons. The van der Waals surface area contributed by atoms with Crippen molar-refractivity contribution in [3.8, 4) is 0 Å². The molecule has 5 nitrogen and oxygen atoms in total. The van der Waals surface area contributed by atoms with Crippen LogP contribution in [0.4, 0.5) is 4.39 Å². The summed E-state index contributed by atoms with van der Waals surface area (Å²) in [6, 6.07) is 3.97. The lowest BCUT2D eigenvalue weighted by Gasteiger charge is -2.60. The quantitative estimate of drug-likeness (QED) is 0.783. The third-order valence-electron chi connectivity index (χ3n) is 8.35. The first-order valence-electron chi connectivity index (χ1n) is 11.7. The predicted octanol–water partition coefficient (Wildman–Crippen LogP) is 3.78. The third kappa shape index (κ3) is 2.87. The zero-order chi connectivity index (χ0) is 20.8. The molecule has 0 radical (unpaired) electrons. The molecule has 2 N–H and O–H groups in total. The highest BCUT2D eigenvalue weighted by molar-refractivity contribution is 5.87. The number of halogens is 1. The summed E-state index contributed by atoms with van der Waals surface area (Å²) in [4.78, 5) is 2.29. The molecular weight excluding hydrogens is 381 g/mol. The first-order chi connectivity index (χ1) is 14.3. The second-order valence-electron chi connectivity index (χ2n) is 10.7. The lowest BCUT2D eigenvalue weighted by Crippen LogP contribution is -2.66. The van der Waals surface area contributed by atoms with Crippen LogP contribution in [0, 0.1) is 11.7 Å². The highest BCUT2D eigenvalue weighted by Gasteiger charge is 2.55. The van der Waals surface area contributed by atoms with Crippen LogP contribution in [0.25, 0.3) is 10.9 Å². The van der Waals surface area contributed by atoms with Crippen molar-refractivity contribution in [2.75, 3.05) is 0 Å². The number of aromatic nitrogens is 2. The summed E-state index contributed by atoms with van der Waals surface area (Å²) in [6.07, 6.45) is 6.82. The van der Waals surface area contributed by atoms with E-state index < -0.39 is 11.8 Å². The number of piperidine rings is 2. The fourth-order valence-corrected chi connectivity index (χ4v) is 7.16. The number of hydrogen-bond acceptors (Lipinski definition) is 4. The Hall–Kier alpha value is -1.50. The van der Waals surface area contributed by atoms with Crippen molar-refractivity contribution in [3.05, 3.63) is 29.2 Å². The van der Waals surface area contributed by atoms with Crippen LogP contribution in [0.1, 0.15) is 81.4 Å². The maximum atomic E-state index is 14.7. The van der Waals surface area contributed by atoms with Gasteiger partial charge in [0.15, 0.2) is 0 Å². The number of hydrogen-bond donors (Lipinski definition) is 2. The van der Waals surface area contributed by atoms with Gasteiger partial charge in [-0.05, 0) is 75.3 Å². The Morgan fingerprint density at radius 3 is 2.53 bits per heavy atom. The molecule has 5 aliphatic rings. The van der Waals surface area contributed by atoms with Crippen LogP contribution in [0.2, 0.25) is 0 Å². The zero-order valence-electron chi connectivity index (χ0n) is 17.9. The van der Waals surface area contributed by atoms with E-state index in [0.29, 0.717) is 18.3 Å². The number of benzene rings is 1. The van der Waals surface area contributed by atoms with E-state index in [1.165, 1.54) is 0 Å². The van der Waals surface area contributed by atoms with E-state index in [1.54, 1.807) is 6.07 Å². The summed E-state index contributed by atoms with van der Waals surface area (Å²) in [5.74, 6) is 0.827. The van der Waals surface area contributed by atoms with Crippen molar-refractivity contribution < 1.29 is 14.6 Å².